The molecule has 1 heterocycles. The maximum absolute atomic E-state index is 12.5. The lowest BCUT2D eigenvalue weighted by atomic mass is 10.2. The number of sulfonamides is 1. The average molecular weight is 359 g/mol. The van der Waals surface area contributed by atoms with E-state index >= 15 is 0 Å². The highest BCUT2D eigenvalue weighted by Gasteiger charge is 2.32. The van der Waals surface area contributed by atoms with Crippen LogP contribution in [0.2, 0.25) is 0 Å². The molecule has 0 aliphatic carbocycles. The van der Waals surface area contributed by atoms with Crippen molar-refractivity contribution in [3.8, 4) is 0 Å². The normalized spacial score (nSPS) is 14.2. The van der Waals surface area contributed by atoms with Crippen molar-refractivity contribution in [2.75, 3.05) is 23.4 Å². The van der Waals surface area contributed by atoms with Gasteiger partial charge in [-0.15, -0.1) is 0 Å². The third-order valence-electron chi connectivity index (χ3n) is 4.00. The van der Waals surface area contributed by atoms with E-state index < -0.39 is 16.1 Å². The molecule has 1 aliphatic rings. The summed E-state index contributed by atoms with van der Waals surface area (Å²) in [5.41, 5.74) is 1.92. The Labute approximate surface area is 145 Å². The monoisotopic (exact) mass is 359 g/mol. The number of anilines is 2. The van der Waals surface area contributed by atoms with E-state index in [9.17, 15) is 18.0 Å². The molecule has 130 valence electrons. The molecule has 0 fully saturated rings. The van der Waals surface area contributed by atoms with Gasteiger partial charge in [0.2, 0.25) is 5.91 Å². The molecule has 0 saturated carbocycles. The number of para-hydroxylation sites is 2. The highest BCUT2D eigenvalue weighted by atomic mass is 32.2. The van der Waals surface area contributed by atoms with Crippen LogP contribution in [0, 0.1) is 6.92 Å². The zero-order valence-electron chi connectivity index (χ0n) is 13.8. The van der Waals surface area contributed by atoms with Gasteiger partial charge in [-0.1, -0.05) is 29.8 Å². The second-order valence-corrected chi connectivity index (χ2v) is 7.43. The molecule has 2 aromatic rings. The minimum atomic E-state index is -4.03. The highest BCUT2D eigenvalue weighted by Crippen LogP contribution is 2.32. The van der Waals surface area contributed by atoms with E-state index in [-0.39, 0.29) is 17.3 Å². The molecule has 3 rings (SSSR count). The van der Waals surface area contributed by atoms with Crippen LogP contribution in [-0.2, 0) is 14.8 Å². The fourth-order valence-electron chi connectivity index (χ4n) is 2.56. The number of hydrogen-bond acceptors (Lipinski definition) is 4. The fourth-order valence-corrected chi connectivity index (χ4v) is 3.52. The molecule has 25 heavy (non-hydrogen) atoms. The molecular formula is C17H17N3O4S. The lowest BCUT2D eigenvalue weighted by Gasteiger charge is -2.33. The number of likely N-dealkylation sites (N-methyl/N-ethyl adjacent to an activating group) is 1. The Balaban J connectivity index is 1.90. The van der Waals surface area contributed by atoms with Crippen LogP contribution in [-0.4, -0.2) is 33.9 Å². The molecule has 0 bridgehead atoms. The second kappa shape index (κ2) is 6.21. The van der Waals surface area contributed by atoms with Gasteiger partial charge in [-0.25, -0.2) is 17.9 Å². The van der Waals surface area contributed by atoms with Crippen LogP contribution in [0.15, 0.2) is 53.4 Å². The topological polar surface area (TPSA) is 86.8 Å². The standard InChI is InChI=1S/C17H17N3O4S/c1-12-7-9-13(10-8-12)25(23,24)18-17(22)20-11-16(21)19(2)14-5-3-4-6-15(14)20/h3-10H,11H2,1-2H3,(H,18,22). The van der Waals surface area contributed by atoms with E-state index in [0.29, 0.717) is 11.4 Å². The number of carbonyl (C=O) groups excluding carboxylic acids is 2. The van der Waals surface area contributed by atoms with Crippen molar-refractivity contribution in [1.29, 1.82) is 0 Å². The Bertz CT molecular complexity index is 939. The van der Waals surface area contributed by atoms with E-state index in [2.05, 4.69) is 0 Å². The summed E-state index contributed by atoms with van der Waals surface area (Å²) in [6.07, 6.45) is 0. The van der Waals surface area contributed by atoms with E-state index in [1.807, 2.05) is 11.6 Å². The molecule has 0 saturated heterocycles. The van der Waals surface area contributed by atoms with Crippen LogP contribution in [0.25, 0.3) is 0 Å². The molecule has 0 radical (unpaired) electrons. The Hall–Kier alpha value is -2.87. The zero-order chi connectivity index (χ0) is 18.2. The first kappa shape index (κ1) is 17.0. The first-order valence-corrected chi connectivity index (χ1v) is 9.04. The summed E-state index contributed by atoms with van der Waals surface area (Å²) in [4.78, 5) is 27.2. The molecule has 7 nitrogen and oxygen atoms in total. The quantitative estimate of drug-likeness (QED) is 0.887. The first-order chi connectivity index (χ1) is 11.8. The molecule has 1 aliphatic heterocycles. The number of nitrogens with zero attached hydrogens (tertiary/aromatic N) is 2. The second-order valence-electron chi connectivity index (χ2n) is 5.75. The highest BCUT2D eigenvalue weighted by molar-refractivity contribution is 7.90. The molecule has 2 aromatic carbocycles. The Morgan fingerprint density at radius 1 is 1.04 bits per heavy atom. The fraction of sp³-hybridized carbons (Fsp3) is 0.176. The van der Waals surface area contributed by atoms with Crippen molar-refractivity contribution in [1.82, 2.24) is 4.72 Å². The summed E-state index contributed by atoms with van der Waals surface area (Å²) in [6.45, 7) is 1.60. The predicted molar refractivity (Wildman–Crippen MR) is 94.1 cm³/mol. The number of nitrogens with one attached hydrogen (secondary N) is 1. The predicted octanol–water partition coefficient (Wildman–Crippen LogP) is 1.88. The van der Waals surface area contributed by atoms with Gasteiger partial charge in [0.05, 0.1) is 16.3 Å². The largest absolute Gasteiger partial charge is 0.336 e. The summed E-state index contributed by atoms with van der Waals surface area (Å²) < 4.78 is 26.8. The van der Waals surface area contributed by atoms with E-state index in [1.54, 1.807) is 43.4 Å². The van der Waals surface area contributed by atoms with Crippen molar-refractivity contribution in [2.45, 2.75) is 11.8 Å². The number of rotatable bonds is 2. The Morgan fingerprint density at radius 2 is 1.64 bits per heavy atom. The number of aryl methyl sites for hydroxylation is 1. The molecule has 8 heteroatoms. The number of hydrogen-bond donors (Lipinski definition) is 1. The maximum atomic E-state index is 12.5. The third-order valence-corrected chi connectivity index (χ3v) is 5.34. The van der Waals surface area contributed by atoms with Gasteiger partial charge in [0.25, 0.3) is 10.0 Å². The molecule has 0 unspecified atom stereocenters. The summed E-state index contributed by atoms with van der Waals surface area (Å²) in [6, 6.07) is 12.1. The van der Waals surface area contributed by atoms with Crippen LogP contribution >= 0.6 is 0 Å². The first-order valence-electron chi connectivity index (χ1n) is 7.56. The smallest absolute Gasteiger partial charge is 0.312 e. The van der Waals surface area contributed by atoms with Crippen molar-refractivity contribution in [3.05, 3.63) is 54.1 Å². The van der Waals surface area contributed by atoms with Gasteiger partial charge in [0.15, 0.2) is 0 Å². The van der Waals surface area contributed by atoms with Gasteiger partial charge in [0.1, 0.15) is 6.54 Å². The maximum Gasteiger partial charge on any atom is 0.336 e. The molecule has 1 N–H and O–H groups in total. The van der Waals surface area contributed by atoms with Crippen molar-refractivity contribution in [3.63, 3.8) is 0 Å². The van der Waals surface area contributed by atoms with Crippen LogP contribution < -0.4 is 14.5 Å². The molecule has 3 amide bonds. The van der Waals surface area contributed by atoms with Gasteiger partial charge in [-0.05, 0) is 31.2 Å². The van der Waals surface area contributed by atoms with Crippen LogP contribution in [0.3, 0.4) is 0 Å². The summed E-state index contributed by atoms with van der Waals surface area (Å²) in [7, 11) is -2.41. The van der Waals surface area contributed by atoms with Gasteiger partial charge >= 0.3 is 6.03 Å². The number of carbonyl (C=O) groups is 2. The van der Waals surface area contributed by atoms with Crippen molar-refractivity contribution in [2.24, 2.45) is 0 Å². The number of benzene rings is 2. The summed E-state index contributed by atoms with van der Waals surface area (Å²) >= 11 is 0. The van der Waals surface area contributed by atoms with Crippen LogP contribution in [0.1, 0.15) is 5.56 Å². The molecular weight excluding hydrogens is 342 g/mol. The van der Waals surface area contributed by atoms with Gasteiger partial charge < -0.3 is 4.90 Å². The molecule has 0 aromatic heterocycles. The molecule has 0 spiro atoms. The minimum absolute atomic E-state index is 0.0137. The summed E-state index contributed by atoms with van der Waals surface area (Å²) in [5.74, 6) is -0.304. The SMILES string of the molecule is Cc1ccc(S(=O)(=O)NC(=O)N2CC(=O)N(C)c3ccccc32)cc1. The van der Waals surface area contributed by atoms with Gasteiger partial charge in [0, 0.05) is 7.05 Å². The third kappa shape index (κ3) is 3.20. The lowest BCUT2D eigenvalue weighted by Crippen LogP contribution is -2.51. The van der Waals surface area contributed by atoms with Crippen LogP contribution in [0.4, 0.5) is 16.2 Å². The van der Waals surface area contributed by atoms with Crippen molar-refractivity contribution < 1.29 is 18.0 Å². The van der Waals surface area contributed by atoms with E-state index in [1.165, 1.54) is 17.0 Å². The number of fused-ring (bicyclic) bond motifs is 1. The number of amides is 3. The van der Waals surface area contributed by atoms with Crippen LogP contribution in [0.5, 0.6) is 0 Å². The van der Waals surface area contributed by atoms with E-state index in [4.69, 9.17) is 0 Å². The molecule has 0 atom stereocenters. The average Bonchev–Trinajstić information content (AvgIpc) is 2.58. The Morgan fingerprint density at radius 3 is 2.28 bits per heavy atom. The van der Waals surface area contributed by atoms with Crippen molar-refractivity contribution >= 4 is 33.3 Å². The lowest BCUT2D eigenvalue weighted by molar-refractivity contribution is -0.117. The Kier molecular flexibility index (Phi) is 4.22. The van der Waals surface area contributed by atoms with Gasteiger partial charge in [-0.2, -0.15) is 0 Å². The minimum Gasteiger partial charge on any atom is -0.312 e. The summed E-state index contributed by atoms with van der Waals surface area (Å²) in [5, 5.41) is 0. The zero-order valence-corrected chi connectivity index (χ0v) is 14.6. The van der Waals surface area contributed by atoms with E-state index in [0.717, 1.165) is 10.5 Å². The number of urea groups is 1. The van der Waals surface area contributed by atoms with Gasteiger partial charge in [-0.3, -0.25) is 9.69 Å².